The summed E-state index contributed by atoms with van der Waals surface area (Å²) >= 11 is 1.50. The van der Waals surface area contributed by atoms with Gasteiger partial charge < -0.3 is 19.5 Å². The Hall–Kier alpha value is -2.64. The summed E-state index contributed by atoms with van der Waals surface area (Å²) in [6.45, 7) is 4.98. The average Bonchev–Trinajstić information content (AvgIpc) is 3.52. The van der Waals surface area contributed by atoms with Crippen LogP contribution in [0.4, 0.5) is 0 Å². The lowest BCUT2D eigenvalue weighted by Crippen LogP contribution is -2.36. The van der Waals surface area contributed by atoms with Crippen molar-refractivity contribution in [2.45, 2.75) is 51.4 Å². The van der Waals surface area contributed by atoms with E-state index in [1.807, 2.05) is 37.4 Å². The zero-order chi connectivity index (χ0) is 21.7. The van der Waals surface area contributed by atoms with Crippen LogP contribution in [0.5, 0.6) is 5.75 Å². The van der Waals surface area contributed by atoms with Gasteiger partial charge in [-0.1, -0.05) is 0 Å². The van der Waals surface area contributed by atoms with Crippen LogP contribution in [-0.2, 0) is 20.7 Å². The van der Waals surface area contributed by atoms with Crippen LogP contribution in [0, 0.1) is 6.92 Å². The summed E-state index contributed by atoms with van der Waals surface area (Å²) in [7, 11) is 0. The van der Waals surface area contributed by atoms with Crippen LogP contribution in [-0.4, -0.2) is 47.1 Å². The predicted octanol–water partition coefficient (Wildman–Crippen LogP) is 3.98. The molecule has 3 aliphatic heterocycles. The Morgan fingerprint density at radius 3 is 2.84 bits per heavy atom. The summed E-state index contributed by atoms with van der Waals surface area (Å²) in [6, 6.07) is 6.80. The number of amides is 1. The molecule has 7 heteroatoms. The fourth-order valence-corrected chi connectivity index (χ4v) is 5.78. The van der Waals surface area contributed by atoms with E-state index in [-0.39, 0.29) is 23.5 Å². The van der Waals surface area contributed by atoms with Crippen molar-refractivity contribution >= 4 is 28.8 Å². The van der Waals surface area contributed by atoms with E-state index in [4.69, 9.17) is 9.47 Å². The minimum absolute atomic E-state index is 0.0816. The van der Waals surface area contributed by atoms with Crippen molar-refractivity contribution in [3.63, 3.8) is 0 Å². The molecule has 0 saturated carbocycles. The monoisotopic (exact) mass is 439 g/mol. The lowest BCUT2D eigenvalue weighted by atomic mass is 9.97. The summed E-state index contributed by atoms with van der Waals surface area (Å²) in [5.41, 5.74) is 2.68. The fourth-order valence-electron chi connectivity index (χ4n) is 4.74. The average molecular weight is 440 g/mol. The molecule has 3 unspecified atom stereocenters. The number of thiophene rings is 1. The van der Waals surface area contributed by atoms with Crippen molar-refractivity contribution in [3.05, 3.63) is 56.8 Å². The molecule has 1 amide bonds. The number of rotatable bonds is 4. The number of aryl methyl sites for hydroxylation is 1. The number of likely N-dealkylation sites (tertiary alicyclic amines) is 1. The molecule has 2 fully saturated rings. The zero-order valence-corrected chi connectivity index (χ0v) is 18.4. The van der Waals surface area contributed by atoms with Crippen molar-refractivity contribution in [3.8, 4) is 5.75 Å². The molecule has 0 aliphatic carbocycles. The summed E-state index contributed by atoms with van der Waals surface area (Å²) in [5.74, 6) is -0.548. The standard InChI is InChI=1S/C24H25NO5S/c1-13-7-9-31-23(13)20-19(22(27)24(28)25(20)12-17-4-3-8-29-17)21(26)15-5-6-18-16(11-15)10-14(2)30-18/h5-7,9,11,14,17,20,26H,3-4,8,10,12H2,1-2H3/b21-19-. The molecule has 6 nitrogen and oxygen atoms in total. The van der Waals surface area contributed by atoms with Crippen LogP contribution in [0.15, 0.2) is 35.2 Å². The quantitative estimate of drug-likeness (QED) is 0.443. The van der Waals surface area contributed by atoms with Crippen LogP contribution >= 0.6 is 11.3 Å². The zero-order valence-electron chi connectivity index (χ0n) is 17.6. The van der Waals surface area contributed by atoms with E-state index in [9.17, 15) is 14.7 Å². The maximum atomic E-state index is 13.1. The first kappa shape index (κ1) is 20.3. The van der Waals surface area contributed by atoms with Gasteiger partial charge in [0.2, 0.25) is 0 Å². The number of carbonyl (C=O) groups excluding carboxylic acids is 2. The molecule has 3 atom stereocenters. The minimum atomic E-state index is -0.640. The third-order valence-corrected chi connectivity index (χ3v) is 7.36. The maximum absolute atomic E-state index is 13.1. The summed E-state index contributed by atoms with van der Waals surface area (Å²) in [5, 5.41) is 13.2. The maximum Gasteiger partial charge on any atom is 0.295 e. The van der Waals surface area contributed by atoms with Gasteiger partial charge >= 0.3 is 0 Å². The van der Waals surface area contributed by atoms with Gasteiger partial charge in [-0.25, -0.2) is 0 Å². The van der Waals surface area contributed by atoms with Crippen molar-refractivity contribution in [2.75, 3.05) is 13.2 Å². The highest BCUT2D eigenvalue weighted by molar-refractivity contribution is 7.10. The summed E-state index contributed by atoms with van der Waals surface area (Å²) in [4.78, 5) is 28.7. The van der Waals surface area contributed by atoms with Crippen molar-refractivity contribution in [2.24, 2.45) is 0 Å². The highest BCUT2D eigenvalue weighted by Gasteiger charge is 2.48. The number of fused-ring (bicyclic) bond motifs is 1. The van der Waals surface area contributed by atoms with Gasteiger partial charge in [-0.15, -0.1) is 11.3 Å². The first-order valence-electron chi connectivity index (χ1n) is 10.7. The van der Waals surface area contributed by atoms with Crippen molar-refractivity contribution in [1.82, 2.24) is 4.90 Å². The highest BCUT2D eigenvalue weighted by Crippen LogP contribution is 2.43. The number of benzene rings is 1. The Balaban J connectivity index is 1.60. The third kappa shape index (κ3) is 3.46. The first-order chi connectivity index (χ1) is 14.9. The molecule has 1 aromatic heterocycles. The molecule has 0 radical (unpaired) electrons. The molecule has 2 aromatic rings. The van der Waals surface area contributed by atoms with Gasteiger partial charge in [0.25, 0.3) is 11.7 Å². The first-order valence-corrected chi connectivity index (χ1v) is 11.6. The molecule has 1 N–H and O–H groups in total. The number of aliphatic hydroxyl groups excluding tert-OH is 1. The molecule has 4 heterocycles. The van der Waals surface area contributed by atoms with Gasteiger partial charge in [0.1, 0.15) is 17.6 Å². The second kappa shape index (κ2) is 7.80. The number of aliphatic hydroxyl groups is 1. The van der Waals surface area contributed by atoms with E-state index in [0.717, 1.165) is 41.0 Å². The fraction of sp³-hybridized carbons (Fsp3) is 0.417. The van der Waals surface area contributed by atoms with E-state index in [2.05, 4.69) is 0 Å². The summed E-state index contributed by atoms with van der Waals surface area (Å²) in [6.07, 6.45) is 2.56. The van der Waals surface area contributed by atoms with Crippen LogP contribution in [0.1, 0.15) is 47.4 Å². The van der Waals surface area contributed by atoms with E-state index >= 15 is 0 Å². The highest BCUT2D eigenvalue weighted by atomic mass is 32.1. The molecule has 31 heavy (non-hydrogen) atoms. The normalized spacial score (nSPS) is 27.0. The van der Waals surface area contributed by atoms with Gasteiger partial charge in [-0.05, 0) is 67.5 Å². The van der Waals surface area contributed by atoms with Crippen LogP contribution < -0.4 is 4.74 Å². The second-order valence-electron chi connectivity index (χ2n) is 8.51. The van der Waals surface area contributed by atoms with Gasteiger partial charge in [-0.3, -0.25) is 9.59 Å². The van der Waals surface area contributed by atoms with Gasteiger partial charge in [-0.2, -0.15) is 0 Å². The molecule has 1 aromatic carbocycles. The van der Waals surface area contributed by atoms with Crippen LogP contribution in [0.25, 0.3) is 5.76 Å². The number of ketones is 1. The number of hydrogen-bond donors (Lipinski definition) is 1. The Kier molecular flexibility index (Phi) is 5.10. The Labute approximate surface area is 185 Å². The third-order valence-electron chi connectivity index (χ3n) is 6.28. The lowest BCUT2D eigenvalue weighted by molar-refractivity contribution is -0.140. The molecule has 162 valence electrons. The topological polar surface area (TPSA) is 76.1 Å². The van der Waals surface area contributed by atoms with E-state index in [1.54, 1.807) is 11.0 Å². The van der Waals surface area contributed by atoms with E-state index in [1.165, 1.54) is 11.3 Å². The van der Waals surface area contributed by atoms with E-state index in [0.29, 0.717) is 18.7 Å². The smallest absolute Gasteiger partial charge is 0.295 e. The molecular formula is C24H25NO5S. The number of Topliss-reactive ketones (excluding diaryl/α,β-unsaturated/α-hetero) is 1. The number of nitrogens with zero attached hydrogens (tertiary/aromatic N) is 1. The Morgan fingerprint density at radius 1 is 1.29 bits per heavy atom. The van der Waals surface area contributed by atoms with Gasteiger partial charge in [0, 0.05) is 30.0 Å². The molecule has 2 saturated heterocycles. The minimum Gasteiger partial charge on any atom is -0.507 e. The van der Waals surface area contributed by atoms with Crippen molar-refractivity contribution in [1.29, 1.82) is 0 Å². The Bertz CT molecular complexity index is 1080. The molecule has 3 aliphatic rings. The summed E-state index contributed by atoms with van der Waals surface area (Å²) < 4.78 is 11.5. The van der Waals surface area contributed by atoms with Gasteiger partial charge in [0.05, 0.1) is 17.7 Å². The SMILES string of the molecule is Cc1ccsc1C1/C(=C(/O)c2ccc3c(c2)CC(C)O3)C(=O)C(=O)N1CC1CCCO1. The molecule has 5 rings (SSSR count). The van der Waals surface area contributed by atoms with Crippen molar-refractivity contribution < 1.29 is 24.2 Å². The van der Waals surface area contributed by atoms with E-state index < -0.39 is 17.7 Å². The van der Waals surface area contributed by atoms with Gasteiger partial charge in [0.15, 0.2) is 0 Å². The Morgan fingerprint density at radius 2 is 2.13 bits per heavy atom. The van der Waals surface area contributed by atoms with Crippen LogP contribution in [0.3, 0.4) is 0 Å². The largest absolute Gasteiger partial charge is 0.507 e. The molecular weight excluding hydrogens is 414 g/mol. The molecule has 0 spiro atoms. The second-order valence-corrected chi connectivity index (χ2v) is 9.46. The van der Waals surface area contributed by atoms with Crippen LogP contribution in [0.2, 0.25) is 0 Å². The lowest BCUT2D eigenvalue weighted by Gasteiger charge is -2.27. The number of ether oxygens (including phenoxy) is 2. The predicted molar refractivity (Wildman–Crippen MR) is 117 cm³/mol. The number of hydrogen-bond acceptors (Lipinski definition) is 6. The number of carbonyl (C=O) groups is 2. The molecule has 0 bridgehead atoms.